The van der Waals surface area contributed by atoms with E-state index in [1.54, 1.807) is 6.07 Å². The third-order valence-corrected chi connectivity index (χ3v) is 2.22. The van der Waals surface area contributed by atoms with E-state index in [4.69, 9.17) is 23.3 Å². The minimum absolute atomic E-state index is 0.0810. The van der Waals surface area contributed by atoms with Crippen LogP contribution in [0.15, 0.2) is 12.1 Å². The van der Waals surface area contributed by atoms with Crippen molar-refractivity contribution in [3.8, 4) is 18.4 Å². The van der Waals surface area contributed by atoms with E-state index >= 15 is 0 Å². The largest absolute Gasteiger partial charge is 0.356 e. The summed E-state index contributed by atoms with van der Waals surface area (Å²) >= 11 is 5.78. The van der Waals surface area contributed by atoms with Crippen LogP contribution in [0, 0.1) is 23.7 Å². The number of nitrogens with zero attached hydrogens (tertiary/aromatic N) is 2. The van der Waals surface area contributed by atoms with E-state index in [1.807, 2.05) is 6.07 Å². The molecule has 0 aliphatic carbocycles. The molecule has 1 N–H and O–H groups in total. The number of hydrogen-bond donors (Lipinski definition) is 1. The summed E-state index contributed by atoms with van der Waals surface area (Å²) in [6.07, 6.45) is 7.21. The van der Waals surface area contributed by atoms with Gasteiger partial charge < -0.3 is 5.32 Å². The van der Waals surface area contributed by atoms with Crippen LogP contribution in [0.25, 0.3) is 0 Å². The number of hydrogen-bond acceptors (Lipinski definition) is 3. The van der Waals surface area contributed by atoms with Crippen molar-refractivity contribution in [2.45, 2.75) is 25.8 Å². The van der Waals surface area contributed by atoms with Gasteiger partial charge in [-0.2, -0.15) is 5.26 Å². The zero-order chi connectivity index (χ0) is 12.0. The Morgan fingerprint density at radius 1 is 1.62 bits per heavy atom. The first-order chi connectivity index (χ1) is 7.69. The van der Waals surface area contributed by atoms with Gasteiger partial charge in [0.05, 0.1) is 17.7 Å². The molecule has 0 saturated carbocycles. The summed E-state index contributed by atoms with van der Waals surface area (Å²) in [5, 5.41) is 12.1. The zero-order valence-electron chi connectivity index (χ0n) is 9.00. The van der Waals surface area contributed by atoms with Crippen molar-refractivity contribution < 1.29 is 0 Å². The summed E-state index contributed by atoms with van der Waals surface area (Å²) in [6, 6.07) is 5.08. The smallest absolute Gasteiger partial charge is 0.132 e. The second-order valence-electron chi connectivity index (χ2n) is 3.33. The summed E-state index contributed by atoms with van der Waals surface area (Å²) in [6.45, 7) is 2.05. The van der Waals surface area contributed by atoms with Gasteiger partial charge in [0, 0.05) is 0 Å². The molecule has 1 unspecified atom stereocenters. The number of nitriles is 1. The minimum atomic E-state index is -0.0810. The van der Waals surface area contributed by atoms with Crippen molar-refractivity contribution in [2.75, 3.05) is 5.32 Å². The van der Waals surface area contributed by atoms with E-state index in [0.717, 1.165) is 12.8 Å². The Kier molecular flexibility index (Phi) is 4.64. The van der Waals surface area contributed by atoms with E-state index < -0.39 is 0 Å². The number of aromatic nitrogens is 1. The molecular formula is C12H12ClN3. The molecule has 1 atom stereocenters. The second kappa shape index (κ2) is 6.00. The third kappa shape index (κ3) is 3.46. The van der Waals surface area contributed by atoms with Crippen LogP contribution in [0.1, 0.15) is 25.3 Å². The molecule has 0 aliphatic rings. The number of halogens is 1. The second-order valence-corrected chi connectivity index (χ2v) is 3.72. The molecule has 1 rings (SSSR count). The molecule has 0 aromatic carbocycles. The van der Waals surface area contributed by atoms with Gasteiger partial charge in [0.15, 0.2) is 0 Å². The molecular weight excluding hydrogens is 222 g/mol. The predicted octanol–water partition coefficient (Wildman–Crippen LogP) is 2.82. The fourth-order valence-electron chi connectivity index (χ4n) is 1.30. The van der Waals surface area contributed by atoms with Crippen molar-refractivity contribution in [2.24, 2.45) is 0 Å². The number of nitrogens with one attached hydrogen (secondary N) is 1. The molecule has 0 aliphatic heterocycles. The maximum Gasteiger partial charge on any atom is 0.132 e. The molecule has 3 nitrogen and oxygen atoms in total. The quantitative estimate of drug-likeness (QED) is 0.643. The molecule has 1 aromatic rings. The third-order valence-electron chi connectivity index (χ3n) is 2.02. The van der Waals surface area contributed by atoms with Crippen LogP contribution in [-0.4, -0.2) is 11.0 Å². The highest BCUT2D eigenvalue weighted by Crippen LogP contribution is 2.15. The van der Waals surface area contributed by atoms with Gasteiger partial charge in [-0.05, 0) is 18.6 Å². The summed E-state index contributed by atoms with van der Waals surface area (Å²) in [4.78, 5) is 4.06. The molecule has 4 heteroatoms. The van der Waals surface area contributed by atoms with E-state index in [2.05, 4.69) is 23.1 Å². The summed E-state index contributed by atoms with van der Waals surface area (Å²) in [5.74, 6) is 3.17. The highest BCUT2D eigenvalue weighted by Gasteiger charge is 2.06. The van der Waals surface area contributed by atoms with E-state index in [9.17, 15) is 0 Å². The summed E-state index contributed by atoms with van der Waals surface area (Å²) in [7, 11) is 0. The van der Waals surface area contributed by atoms with Gasteiger partial charge in [-0.3, -0.25) is 0 Å². The molecule has 0 spiro atoms. The van der Waals surface area contributed by atoms with Crippen molar-refractivity contribution in [3.05, 3.63) is 22.8 Å². The fourth-order valence-corrected chi connectivity index (χ4v) is 1.51. The van der Waals surface area contributed by atoms with E-state index in [-0.39, 0.29) is 11.2 Å². The molecule has 0 radical (unpaired) electrons. The molecule has 0 amide bonds. The lowest BCUT2D eigenvalue weighted by Crippen LogP contribution is -2.17. The van der Waals surface area contributed by atoms with Crippen LogP contribution in [-0.2, 0) is 0 Å². The highest BCUT2D eigenvalue weighted by molar-refractivity contribution is 6.29. The Labute approximate surface area is 100 Å². The standard InChI is InChI=1S/C12H12ClN3/c1-3-5-10(4-2)15-12-7-9(8-14)6-11(13)16-12/h2,6-7,10H,3,5H2,1H3,(H,15,16). The van der Waals surface area contributed by atoms with Gasteiger partial charge in [0.1, 0.15) is 11.0 Å². The first kappa shape index (κ1) is 12.4. The first-order valence-electron chi connectivity index (χ1n) is 5.00. The topological polar surface area (TPSA) is 48.7 Å². The van der Waals surface area contributed by atoms with Crippen LogP contribution in [0.3, 0.4) is 0 Å². The van der Waals surface area contributed by atoms with Crippen molar-refractivity contribution in [3.63, 3.8) is 0 Å². The molecule has 16 heavy (non-hydrogen) atoms. The van der Waals surface area contributed by atoms with Gasteiger partial charge in [-0.25, -0.2) is 4.98 Å². The normalized spacial score (nSPS) is 11.2. The summed E-state index contributed by atoms with van der Waals surface area (Å²) in [5.41, 5.74) is 0.467. The Bertz CT molecular complexity index is 443. The Balaban J connectivity index is 2.85. The number of pyridine rings is 1. The van der Waals surface area contributed by atoms with Crippen LogP contribution < -0.4 is 5.32 Å². The molecule has 0 saturated heterocycles. The van der Waals surface area contributed by atoms with Crippen LogP contribution in [0.4, 0.5) is 5.82 Å². The van der Waals surface area contributed by atoms with Crippen LogP contribution in [0.2, 0.25) is 5.15 Å². The molecule has 0 fully saturated rings. The lowest BCUT2D eigenvalue weighted by Gasteiger charge is -2.12. The van der Waals surface area contributed by atoms with Gasteiger partial charge in [-0.1, -0.05) is 30.9 Å². The Morgan fingerprint density at radius 3 is 2.94 bits per heavy atom. The summed E-state index contributed by atoms with van der Waals surface area (Å²) < 4.78 is 0. The predicted molar refractivity (Wildman–Crippen MR) is 65.1 cm³/mol. The van der Waals surface area contributed by atoms with Crippen LogP contribution in [0.5, 0.6) is 0 Å². The lowest BCUT2D eigenvalue weighted by atomic mass is 10.2. The van der Waals surface area contributed by atoms with Gasteiger partial charge in [-0.15, -0.1) is 6.42 Å². The lowest BCUT2D eigenvalue weighted by molar-refractivity contribution is 0.752. The van der Waals surface area contributed by atoms with Crippen LogP contribution >= 0.6 is 11.6 Å². The average Bonchev–Trinajstić information content (AvgIpc) is 2.27. The van der Waals surface area contributed by atoms with Gasteiger partial charge in [0.25, 0.3) is 0 Å². The fraction of sp³-hybridized carbons (Fsp3) is 0.333. The monoisotopic (exact) mass is 233 g/mol. The van der Waals surface area contributed by atoms with Crippen molar-refractivity contribution >= 4 is 17.4 Å². The minimum Gasteiger partial charge on any atom is -0.356 e. The molecule has 0 bridgehead atoms. The molecule has 82 valence electrons. The molecule has 1 heterocycles. The van der Waals surface area contributed by atoms with Crippen molar-refractivity contribution in [1.82, 2.24) is 4.98 Å². The van der Waals surface area contributed by atoms with Gasteiger partial charge >= 0.3 is 0 Å². The number of anilines is 1. The van der Waals surface area contributed by atoms with E-state index in [1.165, 1.54) is 6.07 Å². The molecule has 1 aromatic heterocycles. The Hall–Kier alpha value is -1.71. The average molecular weight is 234 g/mol. The number of rotatable bonds is 4. The van der Waals surface area contributed by atoms with E-state index in [0.29, 0.717) is 11.4 Å². The maximum absolute atomic E-state index is 8.78. The SMILES string of the molecule is C#CC(CCC)Nc1cc(C#N)cc(Cl)n1. The maximum atomic E-state index is 8.78. The zero-order valence-corrected chi connectivity index (χ0v) is 9.75. The highest BCUT2D eigenvalue weighted by atomic mass is 35.5. The van der Waals surface area contributed by atoms with Gasteiger partial charge in [0.2, 0.25) is 0 Å². The Morgan fingerprint density at radius 2 is 2.38 bits per heavy atom. The van der Waals surface area contributed by atoms with Crippen molar-refractivity contribution in [1.29, 1.82) is 5.26 Å². The first-order valence-corrected chi connectivity index (χ1v) is 5.37. The number of terminal acetylenes is 1.